The molecule has 0 bridgehead atoms. The summed E-state index contributed by atoms with van der Waals surface area (Å²) in [6, 6.07) is 9.47. The maximum Gasteiger partial charge on any atom is 0.0495 e. The average molecular weight is 275 g/mol. The molecule has 1 heterocycles. The van der Waals surface area contributed by atoms with Crippen LogP contribution in [0, 0.1) is 5.92 Å². The van der Waals surface area contributed by atoms with Gasteiger partial charge in [0, 0.05) is 19.3 Å². The molecule has 0 radical (unpaired) electrons. The number of nitrogens with one attached hydrogen (secondary N) is 1. The minimum atomic E-state index is 0.234. The molecule has 2 unspecified atom stereocenters. The first-order chi connectivity index (χ1) is 9.47. The summed E-state index contributed by atoms with van der Waals surface area (Å²) in [4.78, 5) is 0. The summed E-state index contributed by atoms with van der Waals surface area (Å²) in [6.45, 7) is 12.0. The Morgan fingerprint density at radius 1 is 1.25 bits per heavy atom. The molecule has 0 aromatic heterocycles. The van der Waals surface area contributed by atoms with E-state index < -0.39 is 0 Å². The predicted molar refractivity (Wildman–Crippen MR) is 85.1 cm³/mol. The van der Waals surface area contributed by atoms with Crippen LogP contribution in [-0.4, -0.2) is 19.8 Å². The van der Waals surface area contributed by atoms with Crippen LogP contribution < -0.4 is 5.32 Å². The van der Waals surface area contributed by atoms with Gasteiger partial charge in [-0.05, 0) is 48.8 Å². The fraction of sp³-hybridized carbons (Fsp3) is 0.667. The summed E-state index contributed by atoms with van der Waals surface area (Å²) >= 11 is 0. The third-order valence-electron chi connectivity index (χ3n) is 4.30. The Morgan fingerprint density at radius 2 is 1.95 bits per heavy atom. The largest absolute Gasteiger partial charge is 0.381 e. The quantitative estimate of drug-likeness (QED) is 0.875. The van der Waals surface area contributed by atoms with E-state index in [1.807, 2.05) is 0 Å². The van der Waals surface area contributed by atoms with Crippen LogP contribution in [-0.2, 0) is 10.2 Å². The number of benzene rings is 1. The third-order valence-corrected chi connectivity index (χ3v) is 4.30. The van der Waals surface area contributed by atoms with Crippen molar-refractivity contribution in [2.75, 3.05) is 19.8 Å². The fourth-order valence-electron chi connectivity index (χ4n) is 2.70. The lowest BCUT2D eigenvalue weighted by Gasteiger charge is -2.21. The van der Waals surface area contributed by atoms with Crippen molar-refractivity contribution in [3.63, 3.8) is 0 Å². The molecule has 1 aromatic rings. The summed E-state index contributed by atoms with van der Waals surface area (Å²) in [5.41, 5.74) is 3.01. The Labute approximate surface area is 123 Å². The second-order valence-corrected chi connectivity index (χ2v) is 7.07. The van der Waals surface area contributed by atoms with Crippen molar-refractivity contribution in [1.82, 2.24) is 5.32 Å². The molecule has 1 saturated heterocycles. The molecule has 2 rings (SSSR count). The van der Waals surface area contributed by atoms with Gasteiger partial charge in [-0.1, -0.05) is 45.0 Å². The number of rotatable bonds is 5. The highest BCUT2D eigenvalue weighted by atomic mass is 16.5. The van der Waals surface area contributed by atoms with Crippen molar-refractivity contribution in [3.8, 4) is 0 Å². The fourth-order valence-corrected chi connectivity index (χ4v) is 2.70. The summed E-state index contributed by atoms with van der Waals surface area (Å²) in [6.07, 6.45) is 2.46. The van der Waals surface area contributed by atoms with Crippen LogP contribution in [0.2, 0.25) is 0 Å². The predicted octanol–water partition coefficient (Wildman–Crippen LogP) is 4.06. The zero-order valence-corrected chi connectivity index (χ0v) is 13.4. The molecule has 1 aromatic carbocycles. The van der Waals surface area contributed by atoms with Crippen LogP contribution in [0.25, 0.3) is 0 Å². The van der Waals surface area contributed by atoms with Crippen molar-refractivity contribution in [2.24, 2.45) is 5.92 Å². The minimum Gasteiger partial charge on any atom is -0.381 e. The van der Waals surface area contributed by atoms with E-state index in [2.05, 4.69) is 57.3 Å². The minimum absolute atomic E-state index is 0.234. The van der Waals surface area contributed by atoms with Gasteiger partial charge in [-0.3, -0.25) is 0 Å². The highest BCUT2D eigenvalue weighted by Gasteiger charge is 2.16. The van der Waals surface area contributed by atoms with E-state index in [9.17, 15) is 0 Å². The van der Waals surface area contributed by atoms with E-state index in [1.54, 1.807) is 0 Å². The van der Waals surface area contributed by atoms with E-state index in [-0.39, 0.29) is 5.41 Å². The number of hydrogen-bond donors (Lipinski definition) is 1. The lowest BCUT2D eigenvalue weighted by molar-refractivity contribution is 0.184. The second kappa shape index (κ2) is 6.73. The average Bonchev–Trinajstić information content (AvgIpc) is 2.91. The molecule has 0 aliphatic carbocycles. The number of ether oxygens (including phenoxy) is 1. The molecule has 1 N–H and O–H groups in total. The van der Waals surface area contributed by atoms with Crippen molar-refractivity contribution < 1.29 is 4.74 Å². The second-order valence-electron chi connectivity index (χ2n) is 7.07. The van der Waals surface area contributed by atoms with Crippen LogP contribution in [0.3, 0.4) is 0 Å². The molecule has 112 valence electrons. The van der Waals surface area contributed by atoms with Gasteiger partial charge in [-0.25, -0.2) is 0 Å². The zero-order chi connectivity index (χ0) is 14.6. The molecule has 1 aliphatic rings. The lowest BCUT2D eigenvalue weighted by atomic mass is 9.86. The summed E-state index contributed by atoms with van der Waals surface area (Å²) in [5, 5.41) is 3.63. The van der Waals surface area contributed by atoms with E-state index in [1.165, 1.54) is 24.0 Å². The summed E-state index contributed by atoms with van der Waals surface area (Å²) in [7, 11) is 0. The SMILES string of the molecule is CC(NCCC1CCOC1)c1ccc(C(C)(C)C)cc1. The summed E-state index contributed by atoms with van der Waals surface area (Å²) in [5.74, 6) is 0.762. The first kappa shape index (κ1) is 15.5. The van der Waals surface area contributed by atoms with E-state index in [0.29, 0.717) is 6.04 Å². The Hall–Kier alpha value is -0.860. The molecule has 1 fully saturated rings. The maximum atomic E-state index is 5.42. The molecule has 2 heteroatoms. The van der Waals surface area contributed by atoms with Crippen molar-refractivity contribution in [1.29, 1.82) is 0 Å². The van der Waals surface area contributed by atoms with Crippen molar-refractivity contribution in [2.45, 2.75) is 52.0 Å². The topological polar surface area (TPSA) is 21.3 Å². The molecule has 2 nitrogen and oxygen atoms in total. The van der Waals surface area contributed by atoms with Gasteiger partial charge in [0.15, 0.2) is 0 Å². The van der Waals surface area contributed by atoms with Gasteiger partial charge in [-0.15, -0.1) is 0 Å². The van der Waals surface area contributed by atoms with Gasteiger partial charge in [0.25, 0.3) is 0 Å². The van der Waals surface area contributed by atoms with Crippen molar-refractivity contribution in [3.05, 3.63) is 35.4 Å². The van der Waals surface area contributed by atoms with Crippen LogP contribution in [0.4, 0.5) is 0 Å². The van der Waals surface area contributed by atoms with Crippen LogP contribution >= 0.6 is 0 Å². The van der Waals surface area contributed by atoms with Gasteiger partial charge in [0.1, 0.15) is 0 Å². The highest BCUT2D eigenvalue weighted by Crippen LogP contribution is 2.24. The number of hydrogen-bond acceptors (Lipinski definition) is 2. The Morgan fingerprint density at radius 3 is 2.50 bits per heavy atom. The molecule has 0 saturated carbocycles. The van der Waals surface area contributed by atoms with E-state index in [4.69, 9.17) is 4.74 Å². The molecular weight excluding hydrogens is 246 g/mol. The Kier molecular flexibility index (Phi) is 5.22. The Balaban J connectivity index is 1.81. The Bertz CT molecular complexity index is 398. The molecular formula is C18H29NO. The van der Waals surface area contributed by atoms with E-state index >= 15 is 0 Å². The van der Waals surface area contributed by atoms with Crippen molar-refractivity contribution >= 4 is 0 Å². The highest BCUT2D eigenvalue weighted by molar-refractivity contribution is 5.28. The molecule has 2 atom stereocenters. The molecule has 20 heavy (non-hydrogen) atoms. The normalized spacial score (nSPS) is 21.1. The van der Waals surface area contributed by atoms with Gasteiger partial charge >= 0.3 is 0 Å². The van der Waals surface area contributed by atoms with E-state index in [0.717, 1.165) is 25.7 Å². The monoisotopic (exact) mass is 275 g/mol. The molecule has 0 spiro atoms. The van der Waals surface area contributed by atoms with Crippen LogP contribution in [0.5, 0.6) is 0 Å². The van der Waals surface area contributed by atoms with Gasteiger partial charge in [0.2, 0.25) is 0 Å². The zero-order valence-electron chi connectivity index (χ0n) is 13.4. The first-order valence-corrected chi connectivity index (χ1v) is 7.88. The first-order valence-electron chi connectivity index (χ1n) is 7.88. The lowest BCUT2D eigenvalue weighted by Crippen LogP contribution is -2.22. The molecule has 1 aliphatic heterocycles. The molecule has 0 amide bonds. The van der Waals surface area contributed by atoms with Gasteiger partial charge in [-0.2, -0.15) is 0 Å². The van der Waals surface area contributed by atoms with Crippen LogP contribution in [0.15, 0.2) is 24.3 Å². The van der Waals surface area contributed by atoms with Crippen LogP contribution in [0.1, 0.15) is 57.7 Å². The standard InChI is InChI=1S/C18H29NO/c1-14(19-11-9-15-10-12-20-13-15)16-5-7-17(8-6-16)18(2,3)4/h5-8,14-15,19H,9-13H2,1-4H3. The van der Waals surface area contributed by atoms with Gasteiger partial charge in [0.05, 0.1) is 0 Å². The maximum absolute atomic E-state index is 5.42. The smallest absolute Gasteiger partial charge is 0.0495 e. The van der Waals surface area contributed by atoms with Gasteiger partial charge < -0.3 is 10.1 Å². The third kappa shape index (κ3) is 4.32. The summed E-state index contributed by atoms with van der Waals surface area (Å²) < 4.78 is 5.42.